The number of alkyl halides is 3. The maximum atomic E-state index is 13.7. The van der Waals surface area contributed by atoms with Gasteiger partial charge in [-0.15, -0.1) is 0 Å². The van der Waals surface area contributed by atoms with Crippen molar-refractivity contribution in [3.05, 3.63) is 64.2 Å². The fourth-order valence-corrected chi connectivity index (χ4v) is 3.15. The van der Waals surface area contributed by atoms with Gasteiger partial charge in [0.15, 0.2) is 0 Å². The first kappa shape index (κ1) is 20.2. The summed E-state index contributed by atoms with van der Waals surface area (Å²) in [6, 6.07) is 10.4. The molecule has 5 nitrogen and oxygen atoms in total. The summed E-state index contributed by atoms with van der Waals surface area (Å²) in [6.07, 6.45) is -6.03. The predicted octanol–water partition coefficient (Wildman–Crippen LogP) is 4.16. The summed E-state index contributed by atoms with van der Waals surface area (Å²) in [5.74, 6) is -0.638. The molecule has 0 spiro atoms. The first-order chi connectivity index (χ1) is 13.1. The van der Waals surface area contributed by atoms with Crippen LogP contribution in [-0.2, 0) is 0 Å². The van der Waals surface area contributed by atoms with Crippen LogP contribution in [0, 0.1) is 6.92 Å². The Morgan fingerprint density at radius 3 is 2.43 bits per heavy atom. The molecule has 0 radical (unpaired) electrons. The third-order valence-electron chi connectivity index (χ3n) is 4.41. The zero-order chi connectivity index (χ0) is 20.7. The molecule has 0 aromatic heterocycles. The van der Waals surface area contributed by atoms with E-state index in [0.29, 0.717) is 11.3 Å². The summed E-state index contributed by atoms with van der Waals surface area (Å²) in [5, 5.41) is 14.2. The van der Waals surface area contributed by atoms with Crippen LogP contribution in [0.5, 0.6) is 5.75 Å². The highest BCUT2D eigenvalue weighted by atomic mass is 35.5. The van der Waals surface area contributed by atoms with Crippen molar-refractivity contribution in [1.82, 2.24) is 5.01 Å². The highest BCUT2D eigenvalue weighted by molar-refractivity contribution is 6.34. The molecule has 2 aromatic rings. The molecular weight excluding hydrogens is 397 g/mol. The highest BCUT2D eigenvalue weighted by Crippen LogP contribution is 2.42. The molecule has 1 aliphatic rings. The van der Waals surface area contributed by atoms with Gasteiger partial charge in [0.25, 0.3) is 11.6 Å². The molecule has 1 heterocycles. The Kier molecular flexibility index (Phi) is 5.12. The minimum absolute atomic E-state index is 0.0254. The molecule has 28 heavy (non-hydrogen) atoms. The van der Waals surface area contributed by atoms with Gasteiger partial charge in [0.05, 0.1) is 29.8 Å². The Balaban J connectivity index is 2.05. The lowest BCUT2D eigenvalue weighted by atomic mass is 10.0. The van der Waals surface area contributed by atoms with E-state index in [2.05, 4.69) is 5.10 Å². The number of rotatable bonds is 3. The average Bonchev–Trinajstić information content (AvgIpc) is 3.00. The van der Waals surface area contributed by atoms with Crippen molar-refractivity contribution >= 4 is 23.2 Å². The molecule has 2 aromatic carbocycles. The molecule has 1 atom stereocenters. The van der Waals surface area contributed by atoms with Gasteiger partial charge in [0.2, 0.25) is 0 Å². The van der Waals surface area contributed by atoms with E-state index in [1.165, 1.54) is 37.4 Å². The SMILES string of the molecule is COc1ccc(C2=NN(C(=O)c3ccc(C)cc3Cl)[C@](O)(C(F)(F)F)C2)cc1. The van der Waals surface area contributed by atoms with Crippen molar-refractivity contribution in [2.75, 3.05) is 7.11 Å². The van der Waals surface area contributed by atoms with Gasteiger partial charge in [-0.3, -0.25) is 4.79 Å². The third kappa shape index (κ3) is 3.45. The van der Waals surface area contributed by atoms with Crippen molar-refractivity contribution in [2.45, 2.75) is 25.2 Å². The van der Waals surface area contributed by atoms with Crippen molar-refractivity contribution in [3.8, 4) is 5.75 Å². The number of hydrogen-bond acceptors (Lipinski definition) is 4. The summed E-state index contributed by atoms with van der Waals surface area (Å²) >= 11 is 6.02. The molecule has 0 unspecified atom stereocenters. The lowest BCUT2D eigenvalue weighted by molar-refractivity contribution is -0.297. The number of ether oxygens (including phenoxy) is 1. The molecule has 0 bridgehead atoms. The minimum atomic E-state index is -5.13. The van der Waals surface area contributed by atoms with Crippen molar-refractivity contribution in [1.29, 1.82) is 0 Å². The van der Waals surface area contributed by atoms with E-state index < -0.39 is 24.2 Å². The summed E-state index contributed by atoms with van der Waals surface area (Å²) in [5.41, 5.74) is -2.69. The standard InChI is InChI=1S/C19H16ClF3N2O3/c1-11-3-8-14(15(20)9-11)17(26)25-18(27,19(21,22)23)10-16(24-25)12-4-6-13(28-2)7-5-12/h3-9,27H,10H2,1-2H3/t18-/m1/s1. The molecule has 0 aliphatic carbocycles. The Morgan fingerprint density at radius 2 is 1.89 bits per heavy atom. The second-order valence-electron chi connectivity index (χ2n) is 6.37. The lowest BCUT2D eigenvalue weighted by Crippen LogP contribution is -2.56. The van der Waals surface area contributed by atoms with Crippen LogP contribution in [0.3, 0.4) is 0 Å². The molecule has 1 aliphatic heterocycles. The summed E-state index contributed by atoms with van der Waals surface area (Å²) in [7, 11) is 1.45. The van der Waals surface area contributed by atoms with E-state index in [0.717, 1.165) is 5.56 Å². The van der Waals surface area contributed by atoms with Crippen molar-refractivity contribution in [3.63, 3.8) is 0 Å². The number of carbonyl (C=O) groups excluding carboxylic acids is 1. The Morgan fingerprint density at radius 1 is 1.25 bits per heavy atom. The van der Waals surface area contributed by atoms with Crippen LogP contribution in [0.2, 0.25) is 5.02 Å². The van der Waals surface area contributed by atoms with Gasteiger partial charge in [-0.05, 0) is 54.4 Å². The zero-order valence-electron chi connectivity index (χ0n) is 14.9. The Bertz CT molecular complexity index is 944. The van der Waals surface area contributed by atoms with Crippen LogP contribution >= 0.6 is 11.6 Å². The van der Waals surface area contributed by atoms with Crippen LogP contribution in [0.4, 0.5) is 13.2 Å². The van der Waals surface area contributed by atoms with Gasteiger partial charge in [0.1, 0.15) is 5.75 Å². The van der Waals surface area contributed by atoms with Gasteiger partial charge in [-0.1, -0.05) is 17.7 Å². The number of benzene rings is 2. The van der Waals surface area contributed by atoms with E-state index in [1.807, 2.05) is 0 Å². The van der Waals surface area contributed by atoms with Crippen LogP contribution < -0.4 is 4.74 Å². The second-order valence-corrected chi connectivity index (χ2v) is 6.77. The number of methoxy groups -OCH3 is 1. The van der Waals surface area contributed by atoms with E-state index >= 15 is 0 Å². The molecule has 0 fully saturated rings. The normalized spacial score (nSPS) is 19.5. The number of carbonyl (C=O) groups is 1. The van der Waals surface area contributed by atoms with Crippen LogP contribution in [0.15, 0.2) is 47.6 Å². The van der Waals surface area contributed by atoms with E-state index in [9.17, 15) is 23.1 Å². The van der Waals surface area contributed by atoms with Gasteiger partial charge >= 0.3 is 6.18 Å². The van der Waals surface area contributed by atoms with E-state index in [-0.39, 0.29) is 21.3 Å². The summed E-state index contributed by atoms with van der Waals surface area (Å²) in [6.45, 7) is 1.72. The first-order valence-electron chi connectivity index (χ1n) is 8.18. The smallest absolute Gasteiger partial charge is 0.438 e. The van der Waals surface area contributed by atoms with Crippen molar-refractivity contribution in [2.24, 2.45) is 5.10 Å². The number of aryl methyl sites for hydroxylation is 1. The molecule has 9 heteroatoms. The van der Waals surface area contributed by atoms with E-state index in [4.69, 9.17) is 16.3 Å². The highest BCUT2D eigenvalue weighted by Gasteiger charge is 2.63. The monoisotopic (exact) mass is 412 g/mol. The number of halogens is 4. The quantitative estimate of drug-likeness (QED) is 0.823. The maximum Gasteiger partial charge on any atom is 0.438 e. The van der Waals surface area contributed by atoms with Crippen molar-refractivity contribution < 1.29 is 27.8 Å². The fraction of sp³-hybridized carbons (Fsp3) is 0.263. The second kappa shape index (κ2) is 7.10. The zero-order valence-corrected chi connectivity index (χ0v) is 15.7. The van der Waals surface area contributed by atoms with Gasteiger partial charge < -0.3 is 9.84 Å². The first-order valence-corrected chi connectivity index (χ1v) is 8.56. The third-order valence-corrected chi connectivity index (χ3v) is 4.72. The number of hydrogen-bond donors (Lipinski definition) is 1. The molecular formula is C19H16ClF3N2O3. The Labute approximate surface area is 164 Å². The largest absolute Gasteiger partial charge is 0.497 e. The van der Waals surface area contributed by atoms with Crippen LogP contribution in [0.25, 0.3) is 0 Å². The predicted molar refractivity (Wildman–Crippen MR) is 97.5 cm³/mol. The number of aliphatic hydroxyl groups is 1. The average molecular weight is 413 g/mol. The molecule has 1 N–H and O–H groups in total. The number of nitrogens with zero attached hydrogens (tertiary/aromatic N) is 2. The Hall–Kier alpha value is -2.58. The fourth-order valence-electron chi connectivity index (χ4n) is 2.83. The van der Waals surface area contributed by atoms with Crippen LogP contribution in [0.1, 0.15) is 27.9 Å². The molecule has 0 saturated heterocycles. The lowest BCUT2D eigenvalue weighted by Gasteiger charge is -2.32. The molecule has 0 saturated carbocycles. The topological polar surface area (TPSA) is 62.1 Å². The molecule has 1 amide bonds. The number of amides is 1. The van der Waals surface area contributed by atoms with E-state index in [1.54, 1.807) is 19.1 Å². The number of hydrazone groups is 1. The van der Waals surface area contributed by atoms with Gasteiger partial charge in [-0.2, -0.15) is 23.3 Å². The summed E-state index contributed by atoms with van der Waals surface area (Å²) in [4.78, 5) is 12.8. The van der Waals surface area contributed by atoms with Crippen LogP contribution in [-0.4, -0.2) is 40.7 Å². The van der Waals surface area contributed by atoms with Gasteiger partial charge in [0, 0.05) is 0 Å². The summed E-state index contributed by atoms with van der Waals surface area (Å²) < 4.78 is 46.0. The molecule has 3 rings (SSSR count). The molecule has 148 valence electrons. The van der Waals surface area contributed by atoms with Gasteiger partial charge in [-0.25, -0.2) is 0 Å². The maximum absolute atomic E-state index is 13.7. The minimum Gasteiger partial charge on any atom is -0.497 e.